The van der Waals surface area contributed by atoms with Gasteiger partial charge in [-0.25, -0.2) is 8.42 Å². The van der Waals surface area contributed by atoms with Crippen LogP contribution < -0.4 is 5.32 Å². The van der Waals surface area contributed by atoms with Crippen molar-refractivity contribution in [2.24, 2.45) is 0 Å². The Morgan fingerprint density at radius 2 is 2.15 bits per heavy atom. The van der Waals surface area contributed by atoms with Crippen LogP contribution in [0.15, 0.2) is 0 Å². The van der Waals surface area contributed by atoms with Crippen LogP contribution in [-0.4, -0.2) is 67.9 Å². The van der Waals surface area contributed by atoms with E-state index in [9.17, 15) is 13.2 Å². The molecular formula is C13H24N2O3S2. The quantitative estimate of drug-likeness (QED) is 0.820. The van der Waals surface area contributed by atoms with Crippen LogP contribution >= 0.6 is 11.8 Å². The molecule has 2 aliphatic heterocycles. The van der Waals surface area contributed by atoms with Gasteiger partial charge in [-0.2, -0.15) is 11.8 Å². The molecule has 0 aliphatic carbocycles. The number of likely N-dealkylation sites (N-methyl/N-ethyl adjacent to an activating group) is 1. The molecule has 2 heterocycles. The second kappa shape index (κ2) is 7.13. The number of carbonyl (C=O) groups is 1. The molecule has 1 N–H and O–H groups in total. The number of thioether (sulfide) groups is 1. The largest absolute Gasteiger partial charge is 0.339 e. The van der Waals surface area contributed by atoms with Gasteiger partial charge < -0.3 is 10.2 Å². The molecule has 0 spiro atoms. The van der Waals surface area contributed by atoms with E-state index in [0.717, 1.165) is 12.2 Å². The van der Waals surface area contributed by atoms with Gasteiger partial charge in [-0.05, 0) is 25.6 Å². The number of hydrogen-bond donors (Lipinski definition) is 1. The lowest BCUT2D eigenvalue weighted by atomic mass is 10.1. The molecule has 5 nitrogen and oxygen atoms in total. The molecule has 0 saturated carbocycles. The minimum absolute atomic E-state index is 0.0570. The highest BCUT2D eigenvalue weighted by atomic mass is 32.2. The predicted molar refractivity (Wildman–Crippen MR) is 82.8 cm³/mol. The molecule has 0 radical (unpaired) electrons. The van der Waals surface area contributed by atoms with Crippen LogP contribution in [-0.2, 0) is 14.6 Å². The monoisotopic (exact) mass is 320 g/mol. The van der Waals surface area contributed by atoms with Gasteiger partial charge in [-0.15, -0.1) is 0 Å². The van der Waals surface area contributed by atoms with E-state index in [1.54, 1.807) is 11.9 Å². The van der Waals surface area contributed by atoms with E-state index in [2.05, 4.69) is 5.32 Å². The van der Waals surface area contributed by atoms with Crippen molar-refractivity contribution in [3.63, 3.8) is 0 Å². The maximum absolute atomic E-state index is 12.4. The summed E-state index contributed by atoms with van der Waals surface area (Å²) in [5.41, 5.74) is 0. The van der Waals surface area contributed by atoms with Crippen LogP contribution in [0.4, 0.5) is 0 Å². The van der Waals surface area contributed by atoms with Gasteiger partial charge in [0.1, 0.15) is 6.04 Å². The molecule has 2 fully saturated rings. The Morgan fingerprint density at radius 3 is 2.90 bits per heavy atom. The van der Waals surface area contributed by atoms with Crippen molar-refractivity contribution in [1.29, 1.82) is 0 Å². The molecule has 2 saturated heterocycles. The topological polar surface area (TPSA) is 66.5 Å². The van der Waals surface area contributed by atoms with Gasteiger partial charge in [0, 0.05) is 18.3 Å². The lowest BCUT2D eigenvalue weighted by Crippen LogP contribution is -2.48. The van der Waals surface area contributed by atoms with Crippen molar-refractivity contribution in [2.75, 3.05) is 37.4 Å². The summed E-state index contributed by atoms with van der Waals surface area (Å²) in [6, 6.07) is -0.585. The molecule has 1 amide bonds. The van der Waals surface area contributed by atoms with E-state index in [4.69, 9.17) is 0 Å². The Bertz CT molecular complexity index is 431. The number of hydrogen-bond acceptors (Lipinski definition) is 5. The minimum atomic E-state index is -3.13. The highest BCUT2D eigenvalue weighted by molar-refractivity contribution is 7.99. The average molecular weight is 320 g/mol. The standard InChI is InChI=1S/C13H24N2O3S2/c1-14-12-10-20(17,18)8-6-15(13(12)16)9-11-5-3-2-4-7-19-11/h11-12,14H,2-10H2,1H3. The van der Waals surface area contributed by atoms with Crippen molar-refractivity contribution >= 4 is 27.5 Å². The third-order valence-electron chi connectivity index (χ3n) is 4.00. The van der Waals surface area contributed by atoms with Gasteiger partial charge in [0.25, 0.3) is 0 Å². The smallest absolute Gasteiger partial charge is 0.240 e. The highest BCUT2D eigenvalue weighted by Gasteiger charge is 2.33. The van der Waals surface area contributed by atoms with Crippen molar-refractivity contribution in [1.82, 2.24) is 10.2 Å². The fourth-order valence-corrected chi connectivity index (χ4v) is 5.56. The molecule has 0 bridgehead atoms. The van der Waals surface area contributed by atoms with E-state index in [0.29, 0.717) is 18.3 Å². The Balaban J connectivity index is 2.03. The minimum Gasteiger partial charge on any atom is -0.339 e. The van der Waals surface area contributed by atoms with Crippen LogP contribution in [0, 0.1) is 0 Å². The molecule has 0 aromatic rings. The van der Waals surface area contributed by atoms with Gasteiger partial charge in [0.05, 0.1) is 11.5 Å². The fourth-order valence-electron chi connectivity index (χ4n) is 2.75. The first-order valence-corrected chi connectivity index (χ1v) is 10.2. The van der Waals surface area contributed by atoms with E-state index in [-0.39, 0.29) is 17.4 Å². The molecule has 0 aromatic carbocycles. The summed E-state index contributed by atoms with van der Waals surface area (Å²) in [6.07, 6.45) is 4.87. The number of rotatable bonds is 3. The van der Waals surface area contributed by atoms with Gasteiger partial charge in [0.15, 0.2) is 9.84 Å². The van der Waals surface area contributed by atoms with Crippen molar-refractivity contribution in [3.8, 4) is 0 Å². The average Bonchev–Trinajstić information content (AvgIpc) is 2.72. The number of sulfone groups is 1. The van der Waals surface area contributed by atoms with Crippen LogP contribution in [0.1, 0.15) is 25.7 Å². The number of carbonyl (C=O) groups excluding carboxylic acids is 1. The first-order valence-electron chi connectivity index (χ1n) is 7.30. The van der Waals surface area contributed by atoms with Crippen molar-refractivity contribution in [2.45, 2.75) is 37.0 Å². The zero-order valence-corrected chi connectivity index (χ0v) is 13.6. The number of amides is 1. The summed E-state index contributed by atoms with van der Waals surface area (Å²) in [5, 5.41) is 3.31. The molecule has 2 aliphatic rings. The van der Waals surface area contributed by atoms with Gasteiger partial charge >= 0.3 is 0 Å². The van der Waals surface area contributed by atoms with E-state index in [1.807, 2.05) is 11.8 Å². The summed E-state index contributed by atoms with van der Waals surface area (Å²) in [4.78, 5) is 14.2. The molecule has 0 aromatic heterocycles. The van der Waals surface area contributed by atoms with Gasteiger partial charge in [-0.3, -0.25) is 4.79 Å². The van der Waals surface area contributed by atoms with Gasteiger partial charge in [0.2, 0.25) is 5.91 Å². The first kappa shape index (κ1) is 16.1. The molecule has 2 unspecified atom stereocenters. The SMILES string of the molecule is CNC1CS(=O)(=O)CCN(CC2CCCCCS2)C1=O. The maximum atomic E-state index is 12.4. The Hall–Kier alpha value is -0.270. The Morgan fingerprint density at radius 1 is 1.35 bits per heavy atom. The lowest BCUT2D eigenvalue weighted by Gasteiger charge is -2.27. The fraction of sp³-hybridized carbons (Fsp3) is 0.923. The zero-order valence-electron chi connectivity index (χ0n) is 12.0. The normalized spacial score (nSPS) is 31.6. The molecule has 116 valence electrons. The Kier molecular flexibility index (Phi) is 5.74. The summed E-state index contributed by atoms with van der Waals surface area (Å²) in [6.45, 7) is 1.04. The maximum Gasteiger partial charge on any atom is 0.240 e. The summed E-state index contributed by atoms with van der Waals surface area (Å²) in [5.74, 6) is 1.12. The second-order valence-electron chi connectivity index (χ2n) is 5.58. The predicted octanol–water partition coefficient (Wildman–Crippen LogP) is 0.507. The zero-order chi connectivity index (χ0) is 14.6. The number of nitrogens with zero attached hydrogens (tertiary/aromatic N) is 1. The molecular weight excluding hydrogens is 296 g/mol. The van der Waals surface area contributed by atoms with Crippen LogP contribution in [0.2, 0.25) is 0 Å². The lowest BCUT2D eigenvalue weighted by molar-refractivity contribution is -0.132. The second-order valence-corrected chi connectivity index (χ2v) is 9.22. The van der Waals surface area contributed by atoms with Crippen molar-refractivity contribution in [3.05, 3.63) is 0 Å². The summed E-state index contributed by atoms with van der Waals surface area (Å²) in [7, 11) is -1.47. The third-order valence-corrected chi connectivity index (χ3v) is 7.03. The third kappa shape index (κ3) is 4.36. The van der Waals surface area contributed by atoms with Crippen molar-refractivity contribution < 1.29 is 13.2 Å². The number of nitrogens with one attached hydrogen (secondary N) is 1. The van der Waals surface area contributed by atoms with E-state index in [1.165, 1.54) is 19.3 Å². The summed E-state index contributed by atoms with van der Waals surface area (Å²) < 4.78 is 23.7. The molecule has 7 heteroatoms. The molecule has 20 heavy (non-hydrogen) atoms. The van der Waals surface area contributed by atoms with E-state index < -0.39 is 15.9 Å². The first-order chi connectivity index (χ1) is 9.52. The van der Waals surface area contributed by atoms with Gasteiger partial charge in [-0.1, -0.05) is 12.8 Å². The van der Waals surface area contributed by atoms with Crippen LogP contribution in [0.25, 0.3) is 0 Å². The van der Waals surface area contributed by atoms with Crippen LogP contribution in [0.5, 0.6) is 0 Å². The Labute approximate surface area is 125 Å². The molecule has 2 rings (SSSR count). The van der Waals surface area contributed by atoms with Crippen LogP contribution in [0.3, 0.4) is 0 Å². The molecule has 2 atom stereocenters. The highest BCUT2D eigenvalue weighted by Crippen LogP contribution is 2.25. The summed E-state index contributed by atoms with van der Waals surface area (Å²) >= 11 is 1.93. The van der Waals surface area contributed by atoms with E-state index >= 15 is 0 Å².